The second-order valence-corrected chi connectivity index (χ2v) is 3.41. The molecule has 0 aliphatic rings. The fourth-order valence-electron chi connectivity index (χ4n) is 1.55. The average molecular weight is 209 g/mol. The van der Waals surface area contributed by atoms with E-state index in [0.29, 0.717) is 6.54 Å². The number of aliphatic hydroxyl groups excluding tert-OH is 1. The van der Waals surface area contributed by atoms with Gasteiger partial charge in [-0.15, -0.1) is 0 Å². The Morgan fingerprint density at radius 3 is 2.33 bits per heavy atom. The largest absolute Gasteiger partial charge is 0.497 e. The molecule has 1 rings (SSSR count). The maximum Gasteiger partial charge on any atom is 0.119 e. The zero-order chi connectivity index (χ0) is 11.1. The van der Waals surface area contributed by atoms with Crippen molar-refractivity contribution in [3.63, 3.8) is 0 Å². The van der Waals surface area contributed by atoms with Crippen LogP contribution < -0.4 is 9.64 Å². The molecule has 1 aromatic rings. The minimum Gasteiger partial charge on any atom is -0.497 e. The average Bonchev–Trinajstić information content (AvgIpc) is 2.29. The van der Waals surface area contributed by atoms with Gasteiger partial charge >= 0.3 is 0 Å². The van der Waals surface area contributed by atoms with E-state index in [9.17, 15) is 0 Å². The van der Waals surface area contributed by atoms with Crippen LogP contribution in [0.1, 0.15) is 13.3 Å². The molecule has 15 heavy (non-hydrogen) atoms. The second-order valence-electron chi connectivity index (χ2n) is 3.41. The van der Waals surface area contributed by atoms with Gasteiger partial charge in [0.05, 0.1) is 13.7 Å². The Morgan fingerprint density at radius 2 is 1.87 bits per heavy atom. The van der Waals surface area contributed by atoms with Crippen LogP contribution in [0.3, 0.4) is 0 Å². The van der Waals surface area contributed by atoms with Crippen molar-refractivity contribution in [2.24, 2.45) is 0 Å². The van der Waals surface area contributed by atoms with Crippen LogP contribution in [-0.2, 0) is 0 Å². The lowest BCUT2D eigenvalue weighted by atomic mass is 10.2. The molecule has 0 aromatic heterocycles. The standard InChI is InChI=1S/C12H19NO2/c1-3-8-13(9-10-14)11-4-6-12(15-2)7-5-11/h4-7,14H,3,8-10H2,1-2H3. The molecule has 1 aromatic carbocycles. The van der Waals surface area contributed by atoms with E-state index >= 15 is 0 Å². The summed E-state index contributed by atoms with van der Waals surface area (Å²) in [6, 6.07) is 7.92. The van der Waals surface area contributed by atoms with Crippen LogP contribution in [0.2, 0.25) is 0 Å². The van der Waals surface area contributed by atoms with Gasteiger partial charge in [-0.25, -0.2) is 0 Å². The summed E-state index contributed by atoms with van der Waals surface area (Å²) in [4.78, 5) is 2.17. The monoisotopic (exact) mass is 209 g/mol. The van der Waals surface area contributed by atoms with Crippen molar-refractivity contribution >= 4 is 5.69 Å². The van der Waals surface area contributed by atoms with Crippen LogP contribution in [0.5, 0.6) is 5.75 Å². The van der Waals surface area contributed by atoms with Gasteiger partial charge in [-0.1, -0.05) is 6.92 Å². The first-order chi connectivity index (χ1) is 7.31. The van der Waals surface area contributed by atoms with Gasteiger partial charge in [-0.2, -0.15) is 0 Å². The van der Waals surface area contributed by atoms with Crippen molar-refractivity contribution in [3.8, 4) is 5.75 Å². The summed E-state index contributed by atoms with van der Waals surface area (Å²) in [5.41, 5.74) is 1.13. The molecule has 3 nitrogen and oxygen atoms in total. The lowest BCUT2D eigenvalue weighted by molar-refractivity contribution is 0.302. The molecule has 0 amide bonds. The van der Waals surface area contributed by atoms with Gasteiger partial charge < -0.3 is 14.7 Å². The van der Waals surface area contributed by atoms with Gasteiger partial charge in [0.1, 0.15) is 5.75 Å². The lowest BCUT2D eigenvalue weighted by Gasteiger charge is -2.23. The SMILES string of the molecule is CCCN(CCO)c1ccc(OC)cc1. The summed E-state index contributed by atoms with van der Waals surface area (Å²) >= 11 is 0. The smallest absolute Gasteiger partial charge is 0.119 e. The summed E-state index contributed by atoms with van der Waals surface area (Å²) < 4.78 is 5.10. The minimum absolute atomic E-state index is 0.187. The number of nitrogens with zero attached hydrogens (tertiary/aromatic N) is 1. The number of benzene rings is 1. The van der Waals surface area contributed by atoms with Crippen molar-refractivity contribution in [2.75, 3.05) is 31.7 Å². The van der Waals surface area contributed by atoms with E-state index in [-0.39, 0.29) is 6.61 Å². The van der Waals surface area contributed by atoms with Gasteiger partial charge in [0.2, 0.25) is 0 Å². The second kappa shape index (κ2) is 6.30. The molecule has 0 radical (unpaired) electrons. The third kappa shape index (κ3) is 3.44. The molecule has 0 saturated heterocycles. The molecule has 3 heteroatoms. The van der Waals surface area contributed by atoms with Crippen LogP contribution in [0.15, 0.2) is 24.3 Å². The zero-order valence-electron chi connectivity index (χ0n) is 9.44. The van der Waals surface area contributed by atoms with E-state index in [1.165, 1.54) is 0 Å². The molecule has 0 heterocycles. The van der Waals surface area contributed by atoms with E-state index < -0.39 is 0 Å². The first kappa shape index (κ1) is 11.9. The molecule has 0 aliphatic carbocycles. The number of hydrogen-bond donors (Lipinski definition) is 1. The van der Waals surface area contributed by atoms with Crippen molar-refractivity contribution in [3.05, 3.63) is 24.3 Å². The molecular weight excluding hydrogens is 190 g/mol. The van der Waals surface area contributed by atoms with Crippen LogP contribution in [0.25, 0.3) is 0 Å². The number of rotatable bonds is 6. The molecule has 0 spiro atoms. The molecule has 84 valence electrons. The Kier molecular flexibility index (Phi) is 4.98. The fourth-order valence-corrected chi connectivity index (χ4v) is 1.55. The Hall–Kier alpha value is -1.22. The molecule has 1 N–H and O–H groups in total. The Balaban J connectivity index is 2.72. The number of aliphatic hydroxyl groups is 1. The van der Waals surface area contributed by atoms with E-state index in [1.54, 1.807) is 7.11 Å². The quantitative estimate of drug-likeness (QED) is 0.776. The first-order valence-electron chi connectivity index (χ1n) is 5.31. The summed E-state index contributed by atoms with van der Waals surface area (Å²) in [5, 5.41) is 8.96. The van der Waals surface area contributed by atoms with Crippen LogP contribution in [0, 0.1) is 0 Å². The highest BCUT2D eigenvalue weighted by molar-refractivity contribution is 5.48. The van der Waals surface area contributed by atoms with E-state index in [1.807, 2.05) is 24.3 Å². The molecule has 0 fully saturated rings. The van der Waals surface area contributed by atoms with Gasteiger partial charge in [0.25, 0.3) is 0 Å². The Labute approximate surface area is 91.3 Å². The van der Waals surface area contributed by atoms with Crippen molar-refractivity contribution < 1.29 is 9.84 Å². The summed E-state index contributed by atoms with van der Waals surface area (Å²) in [5.74, 6) is 0.860. The van der Waals surface area contributed by atoms with Crippen molar-refractivity contribution in [1.82, 2.24) is 0 Å². The van der Waals surface area contributed by atoms with E-state index in [2.05, 4.69) is 11.8 Å². The maximum absolute atomic E-state index is 8.96. The minimum atomic E-state index is 0.187. The van der Waals surface area contributed by atoms with Crippen molar-refractivity contribution in [2.45, 2.75) is 13.3 Å². The molecule has 0 atom stereocenters. The summed E-state index contributed by atoms with van der Waals surface area (Å²) in [6.45, 7) is 3.97. The fraction of sp³-hybridized carbons (Fsp3) is 0.500. The zero-order valence-corrected chi connectivity index (χ0v) is 9.44. The lowest BCUT2D eigenvalue weighted by Crippen LogP contribution is -2.27. The van der Waals surface area contributed by atoms with Gasteiger partial charge in [0, 0.05) is 18.8 Å². The van der Waals surface area contributed by atoms with Crippen LogP contribution >= 0.6 is 0 Å². The molecule has 0 bridgehead atoms. The summed E-state index contributed by atoms with van der Waals surface area (Å²) in [7, 11) is 1.66. The van der Waals surface area contributed by atoms with E-state index in [4.69, 9.17) is 9.84 Å². The summed E-state index contributed by atoms with van der Waals surface area (Å²) in [6.07, 6.45) is 1.08. The van der Waals surface area contributed by atoms with Crippen molar-refractivity contribution in [1.29, 1.82) is 0 Å². The third-order valence-corrected chi connectivity index (χ3v) is 2.30. The maximum atomic E-state index is 8.96. The van der Waals surface area contributed by atoms with Gasteiger partial charge in [0.15, 0.2) is 0 Å². The van der Waals surface area contributed by atoms with Gasteiger partial charge in [-0.3, -0.25) is 0 Å². The van der Waals surface area contributed by atoms with E-state index in [0.717, 1.165) is 24.4 Å². The topological polar surface area (TPSA) is 32.7 Å². The third-order valence-electron chi connectivity index (χ3n) is 2.30. The molecule has 0 unspecified atom stereocenters. The highest BCUT2D eigenvalue weighted by Crippen LogP contribution is 2.19. The van der Waals surface area contributed by atoms with Crippen LogP contribution in [0.4, 0.5) is 5.69 Å². The number of ether oxygens (including phenoxy) is 1. The van der Waals surface area contributed by atoms with Crippen LogP contribution in [-0.4, -0.2) is 31.9 Å². The highest BCUT2D eigenvalue weighted by Gasteiger charge is 2.04. The Bertz CT molecular complexity index is 265. The number of hydrogen-bond acceptors (Lipinski definition) is 3. The number of anilines is 1. The highest BCUT2D eigenvalue weighted by atomic mass is 16.5. The number of methoxy groups -OCH3 is 1. The molecule has 0 aliphatic heterocycles. The predicted molar refractivity (Wildman–Crippen MR) is 62.6 cm³/mol. The first-order valence-corrected chi connectivity index (χ1v) is 5.31. The Morgan fingerprint density at radius 1 is 1.20 bits per heavy atom. The molecule has 0 saturated carbocycles. The molecular formula is C12H19NO2. The van der Waals surface area contributed by atoms with Gasteiger partial charge in [-0.05, 0) is 30.7 Å². The normalized spacial score (nSPS) is 10.1. The predicted octanol–water partition coefficient (Wildman–Crippen LogP) is 1.90.